The molecule has 1 fully saturated rings. The Kier molecular flexibility index (Phi) is 7.84. The van der Waals surface area contributed by atoms with Gasteiger partial charge in [0.15, 0.2) is 0 Å². The molecular formula is C30H32ClN7O. The van der Waals surface area contributed by atoms with Crippen molar-refractivity contribution in [2.45, 2.75) is 26.0 Å². The maximum absolute atomic E-state index is 6.50. The summed E-state index contributed by atoms with van der Waals surface area (Å²) in [7, 11) is 2.15. The molecule has 3 N–H and O–H groups in total. The molecule has 5 rings (SSSR count). The lowest BCUT2D eigenvalue weighted by molar-refractivity contribution is 0.0946. The molecule has 0 aliphatic carbocycles. The fourth-order valence-corrected chi connectivity index (χ4v) is 4.70. The van der Waals surface area contributed by atoms with Crippen molar-refractivity contribution in [2.24, 2.45) is 0 Å². The van der Waals surface area contributed by atoms with Gasteiger partial charge >= 0.3 is 0 Å². The van der Waals surface area contributed by atoms with Crippen LogP contribution in [0.15, 0.2) is 61.1 Å². The molecule has 9 heteroatoms. The molecule has 3 heterocycles. The predicted octanol–water partition coefficient (Wildman–Crippen LogP) is 4.96. The summed E-state index contributed by atoms with van der Waals surface area (Å²) in [6.45, 7) is 8.73. The Balaban J connectivity index is 1.33. The van der Waals surface area contributed by atoms with Crippen LogP contribution in [0.4, 0.5) is 17.2 Å². The van der Waals surface area contributed by atoms with Crippen LogP contribution in [0.5, 0.6) is 5.75 Å². The van der Waals surface area contributed by atoms with Crippen molar-refractivity contribution in [3.63, 3.8) is 0 Å². The number of rotatable bonds is 6. The summed E-state index contributed by atoms with van der Waals surface area (Å²) in [5.74, 6) is 7.96. The highest BCUT2D eigenvalue weighted by Crippen LogP contribution is 2.32. The van der Waals surface area contributed by atoms with Gasteiger partial charge in [-0.15, -0.1) is 0 Å². The molecule has 1 aliphatic heterocycles. The number of fused-ring (bicyclic) bond motifs is 1. The standard InChI is InChI=1S/C30H32ClN7O/c1-30(2,38-14-12-37(3)13-15-38)10-9-21-16-27-24(18-26(21)32)29(35-20-34-27)36-22-7-8-28(25(31)17-22)39-19-23-6-4-5-11-33-23/h4-8,11,16-18,20H,12-15,19,32H2,1-3H3,(H,34,35,36). The number of nitrogens with two attached hydrogens (primary N) is 1. The molecule has 1 saturated heterocycles. The van der Waals surface area contributed by atoms with Crippen LogP contribution in [-0.4, -0.2) is 63.5 Å². The Morgan fingerprint density at radius 2 is 1.87 bits per heavy atom. The molecule has 39 heavy (non-hydrogen) atoms. The number of anilines is 3. The van der Waals surface area contributed by atoms with E-state index in [0.29, 0.717) is 28.9 Å². The summed E-state index contributed by atoms with van der Waals surface area (Å²) in [5.41, 5.74) is 9.88. The highest BCUT2D eigenvalue weighted by atomic mass is 35.5. The molecule has 2 aromatic carbocycles. The number of benzene rings is 2. The summed E-state index contributed by atoms with van der Waals surface area (Å²) in [4.78, 5) is 17.9. The van der Waals surface area contributed by atoms with Crippen LogP contribution in [0.25, 0.3) is 10.9 Å². The summed E-state index contributed by atoms with van der Waals surface area (Å²) >= 11 is 6.50. The number of nitrogens with zero attached hydrogens (tertiary/aromatic N) is 5. The second-order valence-corrected chi connectivity index (χ2v) is 10.6. The van der Waals surface area contributed by atoms with E-state index in [1.165, 1.54) is 6.33 Å². The minimum absolute atomic E-state index is 0.256. The predicted molar refractivity (Wildman–Crippen MR) is 157 cm³/mol. The molecule has 4 aromatic rings. The molecular weight excluding hydrogens is 510 g/mol. The highest BCUT2D eigenvalue weighted by molar-refractivity contribution is 6.32. The van der Waals surface area contributed by atoms with Crippen molar-refractivity contribution in [3.8, 4) is 17.6 Å². The SMILES string of the molecule is CN1CCN(C(C)(C)C#Cc2cc3ncnc(Nc4ccc(OCc5ccccn5)c(Cl)c4)c3cc2N)CC1. The van der Waals surface area contributed by atoms with Crippen molar-refractivity contribution in [1.29, 1.82) is 0 Å². The van der Waals surface area contributed by atoms with Gasteiger partial charge in [-0.1, -0.05) is 29.5 Å². The quantitative estimate of drug-likeness (QED) is 0.261. The van der Waals surface area contributed by atoms with E-state index >= 15 is 0 Å². The van der Waals surface area contributed by atoms with Gasteiger partial charge in [-0.05, 0) is 63.4 Å². The minimum atomic E-state index is -0.256. The Morgan fingerprint density at radius 1 is 1.05 bits per heavy atom. The van der Waals surface area contributed by atoms with Crippen LogP contribution in [0.1, 0.15) is 25.1 Å². The summed E-state index contributed by atoms with van der Waals surface area (Å²) in [5, 5.41) is 4.61. The van der Waals surface area contributed by atoms with E-state index in [2.05, 4.69) is 62.8 Å². The van der Waals surface area contributed by atoms with E-state index < -0.39 is 0 Å². The van der Waals surface area contributed by atoms with Crippen molar-refractivity contribution >= 4 is 39.7 Å². The normalized spacial score (nSPS) is 14.6. The average molecular weight is 542 g/mol. The van der Waals surface area contributed by atoms with Gasteiger partial charge in [-0.3, -0.25) is 9.88 Å². The first kappa shape index (κ1) is 26.7. The molecule has 1 aliphatic rings. The monoisotopic (exact) mass is 541 g/mol. The largest absolute Gasteiger partial charge is 0.486 e. The third kappa shape index (κ3) is 6.40. The average Bonchev–Trinajstić information content (AvgIpc) is 2.93. The number of pyridine rings is 1. The maximum Gasteiger partial charge on any atom is 0.141 e. The second-order valence-electron chi connectivity index (χ2n) is 10.2. The number of nitrogens with one attached hydrogen (secondary N) is 1. The van der Waals surface area contributed by atoms with E-state index in [4.69, 9.17) is 22.1 Å². The molecule has 0 radical (unpaired) electrons. The zero-order valence-electron chi connectivity index (χ0n) is 22.4. The Hall–Kier alpha value is -3.90. The molecule has 0 bridgehead atoms. The molecule has 8 nitrogen and oxygen atoms in total. The third-order valence-electron chi connectivity index (χ3n) is 6.90. The van der Waals surface area contributed by atoms with Crippen LogP contribution < -0.4 is 15.8 Å². The van der Waals surface area contributed by atoms with Crippen LogP contribution in [0, 0.1) is 11.8 Å². The number of halogens is 1. The van der Waals surface area contributed by atoms with E-state index in [0.717, 1.165) is 54.0 Å². The Morgan fingerprint density at radius 3 is 2.62 bits per heavy atom. The lowest BCUT2D eigenvalue weighted by Crippen LogP contribution is -2.53. The number of hydrogen-bond donors (Lipinski definition) is 2. The highest BCUT2D eigenvalue weighted by Gasteiger charge is 2.27. The van der Waals surface area contributed by atoms with Crippen LogP contribution in [0.3, 0.4) is 0 Å². The first-order valence-electron chi connectivity index (χ1n) is 12.9. The molecule has 200 valence electrons. The maximum atomic E-state index is 6.50. The van der Waals surface area contributed by atoms with Gasteiger partial charge in [-0.25, -0.2) is 9.97 Å². The molecule has 0 unspecified atom stereocenters. The second kappa shape index (κ2) is 11.5. The van der Waals surface area contributed by atoms with Crippen molar-refractivity contribution < 1.29 is 4.74 Å². The first-order valence-corrected chi connectivity index (χ1v) is 13.3. The van der Waals surface area contributed by atoms with Gasteiger partial charge in [0.05, 0.1) is 21.8 Å². The molecule has 0 saturated carbocycles. The Bertz CT molecular complexity index is 1520. The lowest BCUT2D eigenvalue weighted by Gasteiger charge is -2.40. The van der Waals surface area contributed by atoms with Gasteiger partial charge in [0.1, 0.15) is 24.5 Å². The smallest absolute Gasteiger partial charge is 0.141 e. The first-order chi connectivity index (χ1) is 18.8. The fourth-order valence-electron chi connectivity index (χ4n) is 4.46. The van der Waals surface area contributed by atoms with Gasteiger partial charge in [0, 0.05) is 54.7 Å². The summed E-state index contributed by atoms with van der Waals surface area (Å²) < 4.78 is 5.83. The van der Waals surface area contributed by atoms with Crippen LogP contribution >= 0.6 is 11.6 Å². The van der Waals surface area contributed by atoms with Crippen molar-refractivity contribution in [3.05, 3.63) is 77.3 Å². The molecule has 0 amide bonds. The molecule has 0 atom stereocenters. The van der Waals surface area contributed by atoms with E-state index in [1.54, 1.807) is 12.3 Å². The lowest BCUT2D eigenvalue weighted by atomic mass is 10.0. The molecule has 2 aromatic heterocycles. The number of ether oxygens (including phenoxy) is 1. The number of hydrogen-bond acceptors (Lipinski definition) is 8. The zero-order valence-corrected chi connectivity index (χ0v) is 23.2. The van der Waals surface area contributed by atoms with Crippen LogP contribution in [0.2, 0.25) is 5.02 Å². The fraction of sp³-hybridized carbons (Fsp3) is 0.300. The van der Waals surface area contributed by atoms with Gasteiger partial charge in [-0.2, -0.15) is 0 Å². The molecule has 0 spiro atoms. The van der Waals surface area contributed by atoms with E-state index in [1.807, 2.05) is 42.5 Å². The summed E-state index contributed by atoms with van der Waals surface area (Å²) in [6.07, 6.45) is 3.26. The van der Waals surface area contributed by atoms with Gasteiger partial charge in [0.25, 0.3) is 0 Å². The van der Waals surface area contributed by atoms with Gasteiger partial charge < -0.3 is 20.7 Å². The number of nitrogen functional groups attached to an aromatic ring is 1. The number of piperazine rings is 1. The third-order valence-corrected chi connectivity index (χ3v) is 7.20. The topological polar surface area (TPSA) is 92.4 Å². The minimum Gasteiger partial charge on any atom is -0.486 e. The van der Waals surface area contributed by atoms with Crippen molar-refractivity contribution in [2.75, 3.05) is 44.3 Å². The van der Waals surface area contributed by atoms with Crippen molar-refractivity contribution in [1.82, 2.24) is 24.8 Å². The number of likely N-dealkylation sites (N-methyl/N-ethyl adjacent to an activating group) is 1. The Labute approximate surface area is 234 Å². The van der Waals surface area contributed by atoms with E-state index in [9.17, 15) is 0 Å². The van der Waals surface area contributed by atoms with E-state index in [-0.39, 0.29) is 5.54 Å². The number of aromatic nitrogens is 3. The summed E-state index contributed by atoms with van der Waals surface area (Å²) in [6, 6.07) is 15.0. The zero-order chi connectivity index (χ0) is 27.4. The van der Waals surface area contributed by atoms with Crippen LogP contribution in [-0.2, 0) is 6.61 Å². The van der Waals surface area contributed by atoms with Gasteiger partial charge in [0.2, 0.25) is 0 Å².